The summed E-state index contributed by atoms with van der Waals surface area (Å²) in [6.07, 6.45) is -4.96. The molecule has 6 rings (SSSR count). The minimum atomic E-state index is -4.46. The van der Waals surface area contributed by atoms with Gasteiger partial charge < -0.3 is 19.9 Å². The fourth-order valence-electron chi connectivity index (χ4n) is 8.57. The Bertz CT molecular complexity index is 1040. The summed E-state index contributed by atoms with van der Waals surface area (Å²) >= 11 is 0. The fraction of sp³-hybridized carbons (Fsp3) is 0.964. The van der Waals surface area contributed by atoms with E-state index < -0.39 is 37.1 Å². The maximum absolute atomic E-state index is 13.7. The number of nitrogens with one attached hydrogen (secondary N) is 6. The minimum absolute atomic E-state index is 0.0400. The average Bonchev–Trinajstić information content (AvgIpc) is 3.52. The molecule has 10 nitrogen and oxygen atoms in total. The second-order valence-electron chi connectivity index (χ2n) is 14.2. The van der Waals surface area contributed by atoms with Crippen molar-refractivity contribution in [3.8, 4) is 0 Å². The zero-order valence-electron chi connectivity index (χ0n) is 25.6. The van der Waals surface area contributed by atoms with Gasteiger partial charge in [-0.05, 0) is 62.8 Å². The number of ether oxygens (including phenoxy) is 1. The first kappa shape index (κ1) is 32.5. The van der Waals surface area contributed by atoms with Crippen LogP contribution in [0.25, 0.3) is 0 Å². The van der Waals surface area contributed by atoms with Crippen molar-refractivity contribution in [3.63, 3.8) is 0 Å². The summed E-state index contributed by atoms with van der Waals surface area (Å²) in [5.74, 6) is 0.0203. The van der Waals surface area contributed by atoms with Gasteiger partial charge in [0.25, 0.3) is 0 Å². The highest BCUT2D eigenvalue weighted by Crippen LogP contribution is 2.51. The Labute approximate surface area is 254 Å². The number of likely N-dealkylation sites (N-methyl/N-ethyl adjacent to an activating group) is 1. The highest BCUT2D eigenvalue weighted by molar-refractivity contribution is 5.80. The van der Waals surface area contributed by atoms with Crippen molar-refractivity contribution >= 4 is 5.96 Å². The molecular formula is C28H47F6N9O. The predicted molar refractivity (Wildman–Crippen MR) is 151 cm³/mol. The van der Waals surface area contributed by atoms with Gasteiger partial charge in [-0.15, -0.1) is 0 Å². The van der Waals surface area contributed by atoms with Gasteiger partial charge in [-0.1, -0.05) is 6.92 Å². The van der Waals surface area contributed by atoms with Crippen LogP contribution < -0.4 is 26.6 Å². The molecule has 44 heavy (non-hydrogen) atoms. The van der Waals surface area contributed by atoms with E-state index in [0.717, 1.165) is 43.4 Å². The van der Waals surface area contributed by atoms with Gasteiger partial charge in [0.2, 0.25) is 0 Å². The number of hydrogen-bond acceptors (Lipinski definition) is 8. The summed E-state index contributed by atoms with van der Waals surface area (Å²) in [4.78, 5) is 4.70. The Balaban J connectivity index is 1.15. The quantitative estimate of drug-likeness (QED) is 0.233. The number of methoxy groups -OCH3 is 1. The van der Waals surface area contributed by atoms with Crippen molar-refractivity contribution in [2.24, 2.45) is 23.2 Å². The molecule has 0 radical (unpaired) electrons. The summed E-state index contributed by atoms with van der Waals surface area (Å²) in [5.41, 5.74) is 0.120. The zero-order chi connectivity index (χ0) is 31.6. The van der Waals surface area contributed by atoms with E-state index in [1.807, 2.05) is 0 Å². The van der Waals surface area contributed by atoms with E-state index in [1.54, 1.807) is 24.0 Å². The minimum Gasteiger partial charge on any atom is -0.366 e. The molecule has 8 atom stereocenters. The normalized spacial score (nSPS) is 41.7. The molecule has 0 aromatic carbocycles. The predicted octanol–water partition coefficient (Wildman–Crippen LogP) is 1.82. The van der Waals surface area contributed by atoms with Crippen molar-refractivity contribution in [2.75, 3.05) is 47.0 Å². The van der Waals surface area contributed by atoms with Crippen LogP contribution in [0, 0.1) is 28.6 Å². The van der Waals surface area contributed by atoms with Gasteiger partial charge in [0.15, 0.2) is 5.96 Å². The van der Waals surface area contributed by atoms with Gasteiger partial charge in [0, 0.05) is 45.4 Å². The van der Waals surface area contributed by atoms with E-state index in [1.165, 1.54) is 0 Å². The van der Waals surface area contributed by atoms with Crippen LogP contribution in [0.5, 0.6) is 0 Å². The number of alkyl halides is 6. The maximum atomic E-state index is 13.7. The third kappa shape index (κ3) is 6.41. The number of guanidine groups is 1. The molecule has 6 aliphatic rings. The van der Waals surface area contributed by atoms with Crippen molar-refractivity contribution in [1.82, 2.24) is 41.3 Å². The van der Waals surface area contributed by atoms with Crippen LogP contribution in [0.4, 0.5) is 26.3 Å². The fourth-order valence-corrected chi connectivity index (χ4v) is 8.57. The summed E-state index contributed by atoms with van der Waals surface area (Å²) in [6.45, 7) is 2.31. The Morgan fingerprint density at radius 1 is 0.955 bits per heavy atom. The number of hydrogen-bond donors (Lipinski definition) is 6. The lowest BCUT2D eigenvalue weighted by Crippen LogP contribution is -2.74. The molecule has 0 aromatic rings. The van der Waals surface area contributed by atoms with Crippen LogP contribution in [-0.2, 0) is 4.74 Å². The Morgan fingerprint density at radius 2 is 1.66 bits per heavy atom. The Kier molecular flexibility index (Phi) is 8.85. The van der Waals surface area contributed by atoms with Gasteiger partial charge >= 0.3 is 12.4 Å². The summed E-state index contributed by atoms with van der Waals surface area (Å²) < 4.78 is 86.9. The molecule has 0 aromatic heterocycles. The second kappa shape index (κ2) is 12.0. The summed E-state index contributed by atoms with van der Waals surface area (Å²) in [5, 5.41) is 25.7. The van der Waals surface area contributed by atoms with E-state index in [0.29, 0.717) is 19.8 Å². The number of rotatable bonds is 7. The largest absolute Gasteiger partial charge is 0.406 e. The molecule has 6 fully saturated rings. The lowest BCUT2D eigenvalue weighted by Gasteiger charge is -2.49. The molecule has 4 heterocycles. The van der Waals surface area contributed by atoms with Gasteiger partial charge in [-0.2, -0.15) is 26.3 Å². The third-order valence-corrected chi connectivity index (χ3v) is 11.2. The van der Waals surface area contributed by atoms with Crippen molar-refractivity contribution in [3.05, 3.63) is 0 Å². The molecule has 252 valence electrons. The van der Waals surface area contributed by atoms with E-state index in [-0.39, 0.29) is 60.3 Å². The first-order valence-corrected chi connectivity index (χ1v) is 15.9. The molecule has 4 aliphatic heterocycles. The molecular weight excluding hydrogens is 592 g/mol. The molecule has 0 spiro atoms. The van der Waals surface area contributed by atoms with Crippen molar-refractivity contribution in [2.45, 2.75) is 101 Å². The first-order chi connectivity index (χ1) is 20.7. The molecule has 2 saturated carbocycles. The topological polar surface area (TPSA) is 103 Å². The first-order valence-electron chi connectivity index (χ1n) is 15.9. The van der Waals surface area contributed by atoms with E-state index in [2.05, 4.69) is 33.5 Å². The van der Waals surface area contributed by atoms with Crippen LogP contribution in [0.1, 0.15) is 45.4 Å². The zero-order valence-corrected chi connectivity index (χ0v) is 25.6. The lowest BCUT2D eigenvalue weighted by molar-refractivity contribution is -0.150. The molecule has 0 bridgehead atoms. The van der Waals surface area contributed by atoms with Gasteiger partial charge in [0.05, 0.1) is 18.4 Å². The van der Waals surface area contributed by atoms with Crippen LogP contribution in [0.15, 0.2) is 0 Å². The number of halogens is 6. The van der Waals surface area contributed by atoms with Crippen molar-refractivity contribution < 1.29 is 31.1 Å². The van der Waals surface area contributed by atoms with Gasteiger partial charge in [-0.25, -0.2) is 0 Å². The smallest absolute Gasteiger partial charge is 0.366 e. The number of fused-ring (bicyclic) bond motifs is 1. The standard InChI is InChI=1S/C28H47F6N9O/c1-26(8-9-26)20-19(24(44-3)38-14-37-20)21-36-10-17-23(40-21)42(25(35)43(17)13-27(29,30)31)11-15-4-6-16(7-5-15)22-39-18(12-41(22)2)28(32,33)34/h15-24,35-40H,4-14H2,1-3H3. The van der Waals surface area contributed by atoms with Crippen LogP contribution >= 0.6 is 0 Å². The third-order valence-electron chi connectivity index (χ3n) is 11.2. The Hall–Kier alpha value is -1.43. The maximum Gasteiger partial charge on any atom is 0.406 e. The molecule has 2 aliphatic carbocycles. The van der Waals surface area contributed by atoms with E-state index in [9.17, 15) is 26.3 Å². The summed E-state index contributed by atoms with van der Waals surface area (Å²) in [7, 11) is 3.38. The van der Waals surface area contributed by atoms with Crippen molar-refractivity contribution in [1.29, 1.82) is 5.41 Å². The monoisotopic (exact) mass is 639 g/mol. The van der Waals surface area contributed by atoms with E-state index in [4.69, 9.17) is 10.1 Å². The SMILES string of the molecule is COC1NCNC(C2(C)CC2)C1C1NCC2C(N1)N(CC1CCC(C3NC(C(F)(F)F)CN3C)CC1)C(=N)N2CC(F)(F)F. The average molecular weight is 640 g/mol. The van der Waals surface area contributed by atoms with Crippen LogP contribution in [-0.4, -0.2) is 123 Å². The van der Waals surface area contributed by atoms with Crippen LogP contribution in [0.2, 0.25) is 0 Å². The van der Waals surface area contributed by atoms with Gasteiger partial charge in [0.1, 0.15) is 25.0 Å². The Morgan fingerprint density at radius 3 is 2.25 bits per heavy atom. The summed E-state index contributed by atoms with van der Waals surface area (Å²) in [6, 6.07) is -1.97. The highest BCUT2D eigenvalue weighted by atomic mass is 19.4. The molecule has 4 saturated heterocycles. The van der Waals surface area contributed by atoms with Gasteiger partial charge in [-0.3, -0.25) is 31.6 Å². The van der Waals surface area contributed by atoms with E-state index >= 15 is 0 Å². The molecule has 8 unspecified atom stereocenters. The highest BCUT2D eigenvalue weighted by Gasteiger charge is 2.57. The van der Waals surface area contributed by atoms with Crippen LogP contribution in [0.3, 0.4) is 0 Å². The molecule has 16 heteroatoms. The molecule has 6 N–H and O–H groups in total. The lowest BCUT2D eigenvalue weighted by atomic mass is 9.80. The number of nitrogens with zero attached hydrogens (tertiary/aromatic N) is 3. The molecule has 0 amide bonds. The second-order valence-corrected chi connectivity index (χ2v) is 14.2.